The van der Waals surface area contributed by atoms with Gasteiger partial charge in [-0.1, -0.05) is 54.9 Å². The van der Waals surface area contributed by atoms with Crippen LogP contribution in [-0.4, -0.2) is 18.0 Å². The normalized spacial score (nSPS) is 11.7. The molecule has 0 saturated carbocycles. The smallest absolute Gasteiger partial charge is 0.263 e. The van der Waals surface area contributed by atoms with Crippen LogP contribution in [0, 0.1) is 0 Å². The zero-order chi connectivity index (χ0) is 21.8. The summed E-state index contributed by atoms with van der Waals surface area (Å²) in [4.78, 5) is 4.88. The molecule has 5 nitrogen and oxygen atoms in total. The van der Waals surface area contributed by atoms with Crippen molar-refractivity contribution in [3.63, 3.8) is 0 Å². The molecule has 0 spiro atoms. The number of anilines is 1. The number of hydrogen-bond donors (Lipinski definition) is 1. The summed E-state index contributed by atoms with van der Waals surface area (Å²) in [5.74, 6) is 1.08. The molecule has 0 atom stereocenters. The summed E-state index contributed by atoms with van der Waals surface area (Å²) in [6.45, 7) is 3.11. The maximum Gasteiger partial charge on any atom is 0.263 e. The molecular formula is C24H24ClN3O2S. The Morgan fingerprint density at radius 2 is 1.65 bits per heavy atom. The van der Waals surface area contributed by atoms with E-state index < -0.39 is 10.0 Å². The second kappa shape index (κ2) is 9.12. The number of imidazole rings is 1. The lowest BCUT2D eigenvalue weighted by molar-refractivity contribution is 0.601. The Balaban J connectivity index is 1.47. The maximum absolute atomic E-state index is 12.6. The standard InChI is InChI=1S/C24H24ClN3O2S/c1-2-17-28-22-9-5-4-8-21(22)26-24(28)16-13-18-11-14-19(15-12-18)27-31(29,30)23-10-6-3-7-20(23)25/h3-12,14-15,27H,2,13,16-17H2,1H3. The van der Waals surface area contributed by atoms with Crippen molar-refractivity contribution in [1.29, 1.82) is 0 Å². The minimum Gasteiger partial charge on any atom is -0.328 e. The van der Waals surface area contributed by atoms with Gasteiger partial charge in [0.15, 0.2) is 0 Å². The van der Waals surface area contributed by atoms with E-state index >= 15 is 0 Å². The second-order valence-electron chi connectivity index (χ2n) is 7.40. The second-order valence-corrected chi connectivity index (χ2v) is 9.46. The highest BCUT2D eigenvalue weighted by atomic mass is 35.5. The van der Waals surface area contributed by atoms with E-state index in [-0.39, 0.29) is 9.92 Å². The van der Waals surface area contributed by atoms with Gasteiger partial charge in [-0.25, -0.2) is 13.4 Å². The summed E-state index contributed by atoms with van der Waals surface area (Å²) in [7, 11) is -3.73. The third-order valence-electron chi connectivity index (χ3n) is 5.15. The molecule has 0 unspecified atom stereocenters. The summed E-state index contributed by atoms with van der Waals surface area (Å²) < 4.78 is 30.1. The zero-order valence-electron chi connectivity index (χ0n) is 17.3. The van der Waals surface area contributed by atoms with Crippen molar-refractivity contribution >= 4 is 38.3 Å². The van der Waals surface area contributed by atoms with Crippen molar-refractivity contribution in [2.24, 2.45) is 0 Å². The van der Waals surface area contributed by atoms with Crippen molar-refractivity contribution in [1.82, 2.24) is 9.55 Å². The first-order chi connectivity index (χ1) is 15.0. The van der Waals surface area contributed by atoms with Gasteiger partial charge >= 0.3 is 0 Å². The van der Waals surface area contributed by atoms with Gasteiger partial charge in [0.25, 0.3) is 10.0 Å². The van der Waals surface area contributed by atoms with Gasteiger partial charge in [0.1, 0.15) is 10.7 Å². The largest absolute Gasteiger partial charge is 0.328 e. The topological polar surface area (TPSA) is 64.0 Å². The first-order valence-corrected chi connectivity index (χ1v) is 12.1. The number of nitrogens with zero attached hydrogens (tertiary/aromatic N) is 2. The summed E-state index contributed by atoms with van der Waals surface area (Å²) in [6, 6.07) is 22.0. The summed E-state index contributed by atoms with van der Waals surface area (Å²) >= 11 is 6.04. The first-order valence-electron chi connectivity index (χ1n) is 10.3. The first kappa shape index (κ1) is 21.4. The van der Waals surface area contributed by atoms with Crippen molar-refractivity contribution in [2.75, 3.05) is 4.72 Å². The number of rotatable bonds is 8. The summed E-state index contributed by atoms with van der Waals surface area (Å²) in [6.07, 6.45) is 2.69. The van der Waals surface area contributed by atoms with Gasteiger partial charge < -0.3 is 4.57 Å². The number of fused-ring (bicyclic) bond motifs is 1. The van der Waals surface area contributed by atoms with Gasteiger partial charge in [-0.15, -0.1) is 0 Å². The van der Waals surface area contributed by atoms with E-state index in [0.717, 1.165) is 42.7 Å². The molecule has 1 heterocycles. The summed E-state index contributed by atoms with van der Waals surface area (Å²) in [5, 5.41) is 0.196. The van der Waals surface area contributed by atoms with Crippen LogP contribution in [0.4, 0.5) is 5.69 Å². The molecule has 1 aromatic heterocycles. The number of aryl methyl sites for hydroxylation is 3. The average Bonchev–Trinajstić information content (AvgIpc) is 3.11. The van der Waals surface area contributed by atoms with E-state index in [0.29, 0.717) is 5.69 Å². The van der Waals surface area contributed by atoms with Crippen LogP contribution in [0.15, 0.2) is 77.7 Å². The van der Waals surface area contributed by atoms with Crippen LogP contribution in [0.2, 0.25) is 5.02 Å². The molecule has 0 fully saturated rings. The molecule has 7 heteroatoms. The monoisotopic (exact) mass is 453 g/mol. The van der Waals surface area contributed by atoms with Gasteiger partial charge in [0, 0.05) is 18.7 Å². The molecule has 3 aromatic carbocycles. The fourth-order valence-electron chi connectivity index (χ4n) is 3.66. The quantitative estimate of drug-likeness (QED) is 0.373. The van der Waals surface area contributed by atoms with E-state index in [4.69, 9.17) is 16.6 Å². The number of sulfonamides is 1. The van der Waals surface area contributed by atoms with E-state index in [9.17, 15) is 8.42 Å². The van der Waals surface area contributed by atoms with Crippen LogP contribution in [0.5, 0.6) is 0 Å². The van der Waals surface area contributed by atoms with E-state index in [2.05, 4.69) is 22.3 Å². The SMILES string of the molecule is CCCn1c(CCc2ccc(NS(=O)(=O)c3ccccc3Cl)cc2)nc2ccccc21. The molecule has 0 aliphatic carbocycles. The van der Waals surface area contributed by atoms with Crippen LogP contribution in [0.3, 0.4) is 0 Å². The summed E-state index contributed by atoms with van der Waals surface area (Å²) in [5.41, 5.74) is 3.82. The van der Waals surface area contributed by atoms with Crippen molar-refractivity contribution < 1.29 is 8.42 Å². The molecule has 0 saturated heterocycles. The maximum atomic E-state index is 12.6. The molecule has 31 heavy (non-hydrogen) atoms. The highest BCUT2D eigenvalue weighted by Crippen LogP contribution is 2.24. The lowest BCUT2D eigenvalue weighted by atomic mass is 10.1. The van der Waals surface area contributed by atoms with Gasteiger partial charge in [0.2, 0.25) is 0 Å². The number of benzene rings is 3. The molecule has 160 valence electrons. The number of para-hydroxylation sites is 2. The molecular weight excluding hydrogens is 430 g/mol. The number of hydrogen-bond acceptors (Lipinski definition) is 3. The lowest BCUT2D eigenvalue weighted by Gasteiger charge is -2.10. The molecule has 1 N–H and O–H groups in total. The minimum atomic E-state index is -3.73. The Labute approximate surface area is 187 Å². The number of aromatic nitrogens is 2. The van der Waals surface area contributed by atoms with E-state index in [1.165, 1.54) is 11.6 Å². The van der Waals surface area contributed by atoms with Gasteiger partial charge in [-0.2, -0.15) is 0 Å². The molecule has 0 aliphatic heterocycles. The molecule has 0 aliphatic rings. The fraction of sp³-hybridized carbons (Fsp3) is 0.208. The number of halogens is 1. The average molecular weight is 454 g/mol. The molecule has 0 amide bonds. The van der Waals surface area contributed by atoms with Gasteiger partial charge in [-0.05, 0) is 54.8 Å². The van der Waals surface area contributed by atoms with Crippen molar-refractivity contribution in [2.45, 2.75) is 37.6 Å². The van der Waals surface area contributed by atoms with Crippen LogP contribution in [-0.2, 0) is 29.4 Å². The Hall–Kier alpha value is -2.83. The molecule has 4 aromatic rings. The van der Waals surface area contributed by atoms with E-state index in [1.54, 1.807) is 30.3 Å². The van der Waals surface area contributed by atoms with Crippen LogP contribution in [0.1, 0.15) is 24.7 Å². The van der Waals surface area contributed by atoms with Crippen molar-refractivity contribution in [3.05, 3.63) is 89.2 Å². The highest BCUT2D eigenvalue weighted by Gasteiger charge is 2.17. The molecule has 4 rings (SSSR count). The number of nitrogens with one attached hydrogen (secondary N) is 1. The van der Waals surface area contributed by atoms with Crippen molar-refractivity contribution in [3.8, 4) is 0 Å². The molecule has 0 radical (unpaired) electrons. The van der Waals surface area contributed by atoms with Crippen LogP contribution >= 0.6 is 11.6 Å². The third-order valence-corrected chi connectivity index (χ3v) is 7.03. The highest BCUT2D eigenvalue weighted by molar-refractivity contribution is 7.92. The van der Waals surface area contributed by atoms with Gasteiger partial charge in [0.05, 0.1) is 16.1 Å². The van der Waals surface area contributed by atoms with Gasteiger partial charge in [-0.3, -0.25) is 4.72 Å². The van der Waals surface area contributed by atoms with E-state index in [1.807, 2.05) is 30.3 Å². The Kier molecular flexibility index (Phi) is 6.30. The van der Waals surface area contributed by atoms with Crippen LogP contribution < -0.4 is 4.72 Å². The third kappa shape index (κ3) is 4.75. The Morgan fingerprint density at radius 1 is 0.935 bits per heavy atom. The predicted octanol–water partition coefficient (Wildman–Crippen LogP) is 5.69. The molecule has 0 bridgehead atoms. The Bertz CT molecular complexity index is 1300. The lowest BCUT2D eigenvalue weighted by Crippen LogP contribution is -2.13. The minimum absolute atomic E-state index is 0.0653. The zero-order valence-corrected chi connectivity index (χ0v) is 18.8. The van der Waals surface area contributed by atoms with Crippen LogP contribution in [0.25, 0.3) is 11.0 Å². The Morgan fingerprint density at radius 3 is 2.39 bits per heavy atom. The fourth-order valence-corrected chi connectivity index (χ4v) is 5.24. The predicted molar refractivity (Wildman–Crippen MR) is 126 cm³/mol.